The van der Waals surface area contributed by atoms with E-state index in [0.717, 1.165) is 0 Å². The minimum atomic E-state index is -1.04. The number of amides is 1. The molecule has 0 aliphatic carbocycles. The van der Waals surface area contributed by atoms with Gasteiger partial charge in [-0.1, -0.05) is 36.4 Å². The monoisotopic (exact) mass is 386 g/mol. The van der Waals surface area contributed by atoms with Gasteiger partial charge in [0.2, 0.25) is 0 Å². The fourth-order valence-corrected chi connectivity index (χ4v) is 2.53. The van der Waals surface area contributed by atoms with Gasteiger partial charge in [-0.3, -0.25) is 4.79 Å². The van der Waals surface area contributed by atoms with Crippen molar-refractivity contribution in [3.8, 4) is 17.6 Å². The zero-order valence-corrected chi connectivity index (χ0v) is 15.7. The summed E-state index contributed by atoms with van der Waals surface area (Å²) < 4.78 is 11.1. The van der Waals surface area contributed by atoms with E-state index in [4.69, 9.17) is 14.7 Å². The van der Waals surface area contributed by atoms with Gasteiger partial charge < -0.3 is 14.8 Å². The highest BCUT2D eigenvalue weighted by atomic mass is 16.5. The molecule has 0 radical (unpaired) electrons. The average molecular weight is 386 g/mol. The normalized spacial score (nSPS) is 11.0. The Labute approximate surface area is 168 Å². The maximum Gasteiger partial charge on any atom is 0.342 e. The molecule has 0 unspecified atom stereocenters. The first-order valence-electron chi connectivity index (χ1n) is 8.91. The van der Waals surface area contributed by atoms with E-state index in [1.54, 1.807) is 54.6 Å². The third-order valence-corrected chi connectivity index (χ3v) is 3.99. The smallest absolute Gasteiger partial charge is 0.342 e. The molecule has 0 bridgehead atoms. The Hall–Kier alpha value is -4.11. The molecule has 6 heteroatoms. The molecule has 29 heavy (non-hydrogen) atoms. The summed E-state index contributed by atoms with van der Waals surface area (Å²) in [5.41, 5.74) is 1.08. The van der Waals surface area contributed by atoms with Crippen LogP contribution in [-0.2, 0) is 9.53 Å². The molecular formula is C23H18N2O4. The molecule has 1 N–H and O–H groups in total. The Morgan fingerprint density at radius 1 is 0.966 bits per heavy atom. The van der Waals surface area contributed by atoms with Crippen LogP contribution in [0.3, 0.4) is 0 Å². The molecule has 3 rings (SSSR count). The highest BCUT2D eigenvalue weighted by Crippen LogP contribution is 2.26. The van der Waals surface area contributed by atoms with Gasteiger partial charge in [0.15, 0.2) is 6.10 Å². The van der Waals surface area contributed by atoms with E-state index in [1.807, 2.05) is 24.3 Å². The van der Waals surface area contributed by atoms with Gasteiger partial charge in [-0.2, -0.15) is 5.26 Å². The van der Waals surface area contributed by atoms with E-state index < -0.39 is 18.0 Å². The molecule has 3 aromatic carbocycles. The topological polar surface area (TPSA) is 88.4 Å². The molecule has 0 saturated heterocycles. The molecule has 6 nitrogen and oxygen atoms in total. The molecule has 1 amide bonds. The highest BCUT2D eigenvalue weighted by Gasteiger charge is 2.21. The molecule has 0 spiro atoms. The number of hydrogen-bond acceptors (Lipinski definition) is 5. The number of benzene rings is 3. The predicted octanol–water partition coefficient (Wildman–Crippen LogP) is 4.53. The molecular weight excluding hydrogens is 368 g/mol. The van der Waals surface area contributed by atoms with Crippen LogP contribution in [0.15, 0.2) is 78.9 Å². The number of carbonyl (C=O) groups excluding carboxylic acids is 2. The fourth-order valence-electron chi connectivity index (χ4n) is 2.53. The first-order chi connectivity index (χ1) is 14.1. The standard InChI is InChI=1S/C23H18N2O4/c1-16(22(26)25-18-9-7-8-17(14-18)15-24)28-23(27)20-12-5-6-13-21(20)29-19-10-3-2-4-11-19/h2-14,16H,1H3,(H,25,26)/t16-/m1/s1. The van der Waals surface area contributed by atoms with Crippen molar-refractivity contribution in [1.29, 1.82) is 5.26 Å². The Morgan fingerprint density at radius 3 is 2.45 bits per heavy atom. The minimum absolute atomic E-state index is 0.211. The van der Waals surface area contributed by atoms with E-state index in [0.29, 0.717) is 22.7 Å². The van der Waals surface area contributed by atoms with Crippen molar-refractivity contribution in [1.82, 2.24) is 0 Å². The van der Waals surface area contributed by atoms with Crippen LogP contribution in [0.5, 0.6) is 11.5 Å². The summed E-state index contributed by atoms with van der Waals surface area (Å²) in [7, 11) is 0. The van der Waals surface area contributed by atoms with Gasteiger partial charge in [0.1, 0.15) is 17.1 Å². The van der Waals surface area contributed by atoms with Gasteiger partial charge in [-0.25, -0.2) is 4.79 Å². The van der Waals surface area contributed by atoms with Crippen LogP contribution in [0, 0.1) is 11.3 Å². The first-order valence-corrected chi connectivity index (χ1v) is 8.91. The zero-order valence-electron chi connectivity index (χ0n) is 15.7. The highest BCUT2D eigenvalue weighted by molar-refractivity contribution is 5.98. The van der Waals surface area contributed by atoms with Crippen LogP contribution in [0.1, 0.15) is 22.8 Å². The maximum atomic E-state index is 12.6. The van der Waals surface area contributed by atoms with Gasteiger partial charge in [-0.05, 0) is 49.4 Å². The summed E-state index contributed by atoms with van der Waals surface area (Å²) in [5, 5.41) is 11.6. The predicted molar refractivity (Wildman–Crippen MR) is 108 cm³/mol. The average Bonchev–Trinajstić information content (AvgIpc) is 2.75. The summed E-state index contributed by atoms with van der Waals surface area (Å²) in [5.74, 6) is -0.270. The summed E-state index contributed by atoms with van der Waals surface area (Å²) in [4.78, 5) is 25.0. The molecule has 0 fully saturated rings. The van der Waals surface area contributed by atoms with Crippen LogP contribution in [0.4, 0.5) is 5.69 Å². The minimum Gasteiger partial charge on any atom is -0.456 e. The third kappa shape index (κ3) is 5.21. The molecule has 1 atom stereocenters. The largest absolute Gasteiger partial charge is 0.456 e. The van der Waals surface area contributed by atoms with Gasteiger partial charge in [0.05, 0.1) is 11.6 Å². The van der Waals surface area contributed by atoms with Gasteiger partial charge >= 0.3 is 5.97 Å². The number of anilines is 1. The second-order valence-electron chi connectivity index (χ2n) is 6.14. The van der Waals surface area contributed by atoms with Crippen LogP contribution in [-0.4, -0.2) is 18.0 Å². The van der Waals surface area contributed by atoms with E-state index in [1.165, 1.54) is 13.0 Å². The lowest BCUT2D eigenvalue weighted by molar-refractivity contribution is -0.123. The van der Waals surface area contributed by atoms with Crippen molar-refractivity contribution in [2.24, 2.45) is 0 Å². The van der Waals surface area contributed by atoms with Crippen LogP contribution in [0.2, 0.25) is 0 Å². The molecule has 0 saturated carbocycles. The van der Waals surface area contributed by atoms with Crippen molar-refractivity contribution >= 4 is 17.6 Å². The quantitative estimate of drug-likeness (QED) is 0.629. The molecule has 0 aromatic heterocycles. The second kappa shape index (κ2) is 9.20. The lowest BCUT2D eigenvalue weighted by atomic mass is 10.2. The van der Waals surface area contributed by atoms with Crippen molar-refractivity contribution in [3.05, 3.63) is 90.0 Å². The van der Waals surface area contributed by atoms with Gasteiger partial charge in [0.25, 0.3) is 5.91 Å². The Balaban J connectivity index is 1.68. The van der Waals surface area contributed by atoms with Crippen molar-refractivity contribution < 1.29 is 19.1 Å². The summed E-state index contributed by atoms with van der Waals surface area (Å²) in [6, 6.07) is 24.2. The SMILES string of the molecule is C[C@@H](OC(=O)c1ccccc1Oc1ccccc1)C(=O)Nc1cccc(C#N)c1. The molecule has 144 valence electrons. The van der Waals surface area contributed by atoms with E-state index in [-0.39, 0.29) is 5.56 Å². The number of hydrogen-bond donors (Lipinski definition) is 1. The maximum absolute atomic E-state index is 12.6. The van der Waals surface area contributed by atoms with Crippen molar-refractivity contribution in [3.63, 3.8) is 0 Å². The number of para-hydroxylation sites is 2. The number of esters is 1. The Kier molecular flexibility index (Phi) is 6.23. The zero-order chi connectivity index (χ0) is 20.6. The lowest BCUT2D eigenvalue weighted by Gasteiger charge is -2.15. The summed E-state index contributed by atoms with van der Waals surface area (Å²) in [6.45, 7) is 1.47. The molecule has 0 aliphatic heterocycles. The third-order valence-electron chi connectivity index (χ3n) is 3.99. The summed E-state index contributed by atoms with van der Waals surface area (Å²) in [6.07, 6.45) is -1.04. The van der Waals surface area contributed by atoms with Crippen LogP contribution in [0.25, 0.3) is 0 Å². The fraction of sp³-hybridized carbons (Fsp3) is 0.0870. The van der Waals surface area contributed by atoms with E-state index >= 15 is 0 Å². The Morgan fingerprint density at radius 2 is 1.69 bits per heavy atom. The second-order valence-corrected chi connectivity index (χ2v) is 6.14. The van der Waals surface area contributed by atoms with Crippen molar-refractivity contribution in [2.75, 3.05) is 5.32 Å². The van der Waals surface area contributed by atoms with Crippen molar-refractivity contribution in [2.45, 2.75) is 13.0 Å². The number of nitriles is 1. The lowest BCUT2D eigenvalue weighted by Crippen LogP contribution is -2.30. The van der Waals surface area contributed by atoms with E-state index in [2.05, 4.69) is 5.32 Å². The molecule has 0 aliphatic rings. The molecule has 0 heterocycles. The number of nitrogens with one attached hydrogen (secondary N) is 1. The van der Waals surface area contributed by atoms with Gasteiger partial charge in [-0.15, -0.1) is 0 Å². The van der Waals surface area contributed by atoms with Crippen LogP contribution >= 0.6 is 0 Å². The molecule has 3 aromatic rings. The van der Waals surface area contributed by atoms with Crippen LogP contribution < -0.4 is 10.1 Å². The Bertz CT molecular complexity index is 1060. The first kappa shape index (κ1) is 19.6. The summed E-state index contributed by atoms with van der Waals surface area (Å²) >= 11 is 0. The number of ether oxygens (including phenoxy) is 2. The van der Waals surface area contributed by atoms with Gasteiger partial charge in [0, 0.05) is 5.69 Å². The number of rotatable bonds is 6. The number of carbonyl (C=O) groups is 2. The number of nitrogens with zero attached hydrogens (tertiary/aromatic N) is 1. The van der Waals surface area contributed by atoms with E-state index in [9.17, 15) is 9.59 Å².